The highest BCUT2D eigenvalue weighted by Crippen LogP contribution is 2.23. The Morgan fingerprint density at radius 2 is 1.80 bits per heavy atom. The maximum absolute atomic E-state index is 5.71. The van der Waals surface area contributed by atoms with E-state index < -0.39 is 0 Å². The Labute approximate surface area is 121 Å². The molecule has 1 atom stereocenters. The molecule has 0 spiro atoms. The molecule has 3 nitrogen and oxygen atoms in total. The van der Waals surface area contributed by atoms with Gasteiger partial charge in [-0.2, -0.15) is 0 Å². The average Bonchev–Trinajstić information content (AvgIpc) is 2.46. The predicted octanol–water partition coefficient (Wildman–Crippen LogP) is 4.08. The van der Waals surface area contributed by atoms with Gasteiger partial charge in [-0.3, -0.25) is 0 Å². The molecule has 2 aromatic rings. The molecule has 0 fully saturated rings. The van der Waals surface area contributed by atoms with Crippen molar-refractivity contribution in [1.82, 2.24) is 4.98 Å². The van der Waals surface area contributed by atoms with E-state index in [1.165, 1.54) is 5.56 Å². The monoisotopic (exact) mass is 270 g/mol. The number of hydrogen-bond acceptors (Lipinski definition) is 3. The van der Waals surface area contributed by atoms with Crippen molar-refractivity contribution >= 4 is 5.69 Å². The fourth-order valence-corrected chi connectivity index (χ4v) is 2.01. The Hall–Kier alpha value is -2.03. The Morgan fingerprint density at radius 3 is 2.50 bits per heavy atom. The van der Waals surface area contributed by atoms with Gasteiger partial charge >= 0.3 is 0 Å². The van der Waals surface area contributed by atoms with Crippen molar-refractivity contribution in [3.05, 3.63) is 54.2 Å². The standard InChI is InChI=1S/C17H22N2O/c1-13(2)20-17-16(10-7-11-18-17)19-12-14(3)15-8-5-4-6-9-15/h4-11,13-14,19H,12H2,1-3H3. The first-order valence-electron chi connectivity index (χ1n) is 7.07. The predicted molar refractivity (Wildman–Crippen MR) is 83.3 cm³/mol. The summed E-state index contributed by atoms with van der Waals surface area (Å²) in [6.07, 6.45) is 1.88. The molecular weight excluding hydrogens is 248 g/mol. The van der Waals surface area contributed by atoms with Gasteiger partial charge in [-0.25, -0.2) is 4.98 Å². The number of nitrogens with one attached hydrogen (secondary N) is 1. The van der Waals surface area contributed by atoms with E-state index >= 15 is 0 Å². The molecule has 1 aromatic heterocycles. The highest BCUT2D eigenvalue weighted by Gasteiger charge is 2.09. The van der Waals surface area contributed by atoms with Crippen molar-refractivity contribution < 1.29 is 4.74 Å². The first kappa shape index (κ1) is 14.4. The molecule has 106 valence electrons. The summed E-state index contributed by atoms with van der Waals surface area (Å²) in [5, 5.41) is 3.43. The van der Waals surface area contributed by atoms with Gasteiger partial charge in [-0.15, -0.1) is 0 Å². The molecule has 0 saturated heterocycles. The summed E-state index contributed by atoms with van der Waals surface area (Å²) >= 11 is 0. The second kappa shape index (κ2) is 6.94. The minimum absolute atomic E-state index is 0.122. The molecule has 20 heavy (non-hydrogen) atoms. The number of aromatic nitrogens is 1. The van der Waals surface area contributed by atoms with Crippen LogP contribution in [0.25, 0.3) is 0 Å². The second-order valence-corrected chi connectivity index (χ2v) is 5.22. The first-order chi connectivity index (χ1) is 9.66. The van der Waals surface area contributed by atoms with Crippen molar-refractivity contribution in [2.24, 2.45) is 0 Å². The van der Waals surface area contributed by atoms with E-state index in [1.807, 2.05) is 32.0 Å². The van der Waals surface area contributed by atoms with E-state index in [4.69, 9.17) is 4.74 Å². The third-order valence-electron chi connectivity index (χ3n) is 3.09. The zero-order valence-corrected chi connectivity index (χ0v) is 12.3. The molecule has 1 aromatic carbocycles. The first-order valence-corrected chi connectivity index (χ1v) is 7.07. The van der Waals surface area contributed by atoms with Crippen LogP contribution in [0.2, 0.25) is 0 Å². The van der Waals surface area contributed by atoms with Crippen LogP contribution in [0.1, 0.15) is 32.3 Å². The molecule has 2 rings (SSSR count). The fourth-order valence-electron chi connectivity index (χ4n) is 2.01. The zero-order valence-electron chi connectivity index (χ0n) is 12.3. The quantitative estimate of drug-likeness (QED) is 0.858. The Morgan fingerprint density at radius 1 is 1.05 bits per heavy atom. The lowest BCUT2D eigenvalue weighted by Gasteiger charge is -2.17. The van der Waals surface area contributed by atoms with Crippen molar-refractivity contribution in [2.75, 3.05) is 11.9 Å². The number of hydrogen-bond donors (Lipinski definition) is 1. The topological polar surface area (TPSA) is 34.1 Å². The highest BCUT2D eigenvalue weighted by atomic mass is 16.5. The minimum atomic E-state index is 0.122. The van der Waals surface area contributed by atoms with E-state index in [1.54, 1.807) is 6.20 Å². The van der Waals surface area contributed by atoms with Crippen LogP contribution >= 0.6 is 0 Å². The molecule has 0 amide bonds. The molecule has 0 saturated carbocycles. The summed E-state index contributed by atoms with van der Waals surface area (Å²) in [5.41, 5.74) is 2.28. The average molecular weight is 270 g/mol. The molecule has 1 heterocycles. The summed E-state index contributed by atoms with van der Waals surface area (Å²) in [6.45, 7) is 7.07. The van der Waals surface area contributed by atoms with Crippen LogP contribution in [0.3, 0.4) is 0 Å². The lowest BCUT2D eigenvalue weighted by molar-refractivity contribution is 0.234. The lowest BCUT2D eigenvalue weighted by Crippen LogP contribution is -2.13. The number of ether oxygens (including phenoxy) is 1. The fraction of sp³-hybridized carbons (Fsp3) is 0.353. The van der Waals surface area contributed by atoms with Gasteiger partial charge in [0.25, 0.3) is 0 Å². The molecule has 0 aliphatic rings. The van der Waals surface area contributed by atoms with Crippen LogP contribution in [-0.4, -0.2) is 17.6 Å². The van der Waals surface area contributed by atoms with E-state index in [-0.39, 0.29) is 6.10 Å². The van der Waals surface area contributed by atoms with E-state index in [0.717, 1.165) is 12.2 Å². The van der Waals surface area contributed by atoms with Gasteiger partial charge in [0.05, 0.1) is 11.8 Å². The van der Waals surface area contributed by atoms with Gasteiger partial charge in [0.1, 0.15) is 0 Å². The Kier molecular flexibility index (Phi) is 4.99. The third-order valence-corrected chi connectivity index (χ3v) is 3.09. The summed E-state index contributed by atoms with van der Waals surface area (Å²) in [6, 6.07) is 14.4. The number of nitrogens with zero attached hydrogens (tertiary/aromatic N) is 1. The summed E-state index contributed by atoms with van der Waals surface area (Å²) < 4.78 is 5.71. The van der Waals surface area contributed by atoms with Crippen LogP contribution < -0.4 is 10.1 Å². The molecule has 0 aliphatic carbocycles. The Balaban J connectivity index is 2.00. The largest absolute Gasteiger partial charge is 0.473 e. The van der Waals surface area contributed by atoms with Crippen molar-refractivity contribution in [3.8, 4) is 5.88 Å². The van der Waals surface area contributed by atoms with E-state index in [2.05, 4.69) is 41.5 Å². The molecule has 1 unspecified atom stereocenters. The number of pyridine rings is 1. The van der Waals surface area contributed by atoms with Crippen molar-refractivity contribution in [3.63, 3.8) is 0 Å². The normalized spacial score (nSPS) is 12.2. The van der Waals surface area contributed by atoms with Crippen molar-refractivity contribution in [1.29, 1.82) is 0 Å². The maximum atomic E-state index is 5.71. The van der Waals surface area contributed by atoms with Gasteiger partial charge in [0.2, 0.25) is 5.88 Å². The summed E-state index contributed by atoms with van der Waals surface area (Å²) in [7, 11) is 0. The van der Waals surface area contributed by atoms with E-state index in [0.29, 0.717) is 11.8 Å². The molecule has 1 N–H and O–H groups in total. The summed E-state index contributed by atoms with van der Waals surface area (Å²) in [5.74, 6) is 1.10. The molecule has 0 bridgehead atoms. The third kappa shape index (κ3) is 3.98. The van der Waals surface area contributed by atoms with Gasteiger partial charge in [0, 0.05) is 12.7 Å². The maximum Gasteiger partial charge on any atom is 0.237 e. The van der Waals surface area contributed by atoms with Gasteiger partial charge in [-0.05, 0) is 37.5 Å². The smallest absolute Gasteiger partial charge is 0.237 e. The summed E-state index contributed by atoms with van der Waals surface area (Å²) in [4.78, 5) is 4.28. The molecule has 3 heteroatoms. The molecule has 0 radical (unpaired) electrons. The SMILES string of the molecule is CC(C)Oc1ncccc1NCC(C)c1ccccc1. The molecular formula is C17H22N2O. The van der Waals surface area contributed by atoms with Crippen LogP contribution in [-0.2, 0) is 0 Å². The van der Waals surface area contributed by atoms with E-state index in [9.17, 15) is 0 Å². The Bertz CT molecular complexity index is 526. The number of anilines is 1. The lowest BCUT2D eigenvalue weighted by atomic mass is 10.0. The van der Waals surface area contributed by atoms with Crippen LogP contribution in [0.4, 0.5) is 5.69 Å². The van der Waals surface area contributed by atoms with Gasteiger partial charge in [-0.1, -0.05) is 37.3 Å². The number of benzene rings is 1. The van der Waals surface area contributed by atoms with Gasteiger partial charge in [0.15, 0.2) is 0 Å². The van der Waals surface area contributed by atoms with Crippen molar-refractivity contribution in [2.45, 2.75) is 32.8 Å². The minimum Gasteiger partial charge on any atom is -0.473 e. The van der Waals surface area contributed by atoms with Gasteiger partial charge < -0.3 is 10.1 Å². The van der Waals surface area contributed by atoms with Crippen LogP contribution in [0.5, 0.6) is 5.88 Å². The zero-order chi connectivity index (χ0) is 14.4. The van der Waals surface area contributed by atoms with Crippen LogP contribution in [0, 0.1) is 0 Å². The second-order valence-electron chi connectivity index (χ2n) is 5.22. The number of rotatable bonds is 6. The van der Waals surface area contributed by atoms with Crippen LogP contribution in [0.15, 0.2) is 48.7 Å². The highest BCUT2D eigenvalue weighted by molar-refractivity contribution is 5.52. The molecule has 0 aliphatic heterocycles.